The van der Waals surface area contributed by atoms with Crippen LogP contribution in [0.15, 0.2) is 69.3 Å². The molecule has 0 aliphatic rings. The van der Waals surface area contributed by atoms with Gasteiger partial charge in [0.05, 0.1) is 20.0 Å². The third-order valence-corrected chi connectivity index (χ3v) is 7.16. The van der Waals surface area contributed by atoms with Crippen molar-refractivity contribution in [2.45, 2.75) is 23.3 Å². The van der Waals surface area contributed by atoms with Gasteiger partial charge in [0.15, 0.2) is 0 Å². The van der Waals surface area contributed by atoms with Crippen LogP contribution in [0.4, 0.5) is 0 Å². The molecule has 0 amide bonds. The summed E-state index contributed by atoms with van der Waals surface area (Å²) in [5.74, 6) is 0. The maximum atomic E-state index is 12.7. The number of primary sulfonamides is 1. The Morgan fingerprint density at radius 2 is 1.74 bits per heavy atom. The first-order valence-corrected chi connectivity index (χ1v) is 11.6. The van der Waals surface area contributed by atoms with E-state index in [9.17, 15) is 16.8 Å². The first-order chi connectivity index (χ1) is 12.6. The number of nitrogens with two attached hydrogens (primary N) is 1. The lowest BCUT2D eigenvalue weighted by atomic mass is 10.2. The fraction of sp³-hybridized carbons (Fsp3) is 0.118. The lowest BCUT2D eigenvalue weighted by molar-refractivity contribution is 0.595. The van der Waals surface area contributed by atoms with Gasteiger partial charge in [-0.15, -0.1) is 11.0 Å². The quantitative estimate of drug-likeness (QED) is 0.634. The minimum absolute atomic E-state index is 0.0463. The molecule has 0 unspecified atom stereocenters. The predicted molar refractivity (Wildman–Crippen MR) is 105 cm³/mol. The van der Waals surface area contributed by atoms with Gasteiger partial charge in [-0.2, -0.15) is 8.42 Å². The Hall–Kier alpha value is -2.27. The Labute approximate surface area is 161 Å². The molecule has 2 aromatic carbocycles. The van der Waals surface area contributed by atoms with Crippen LogP contribution in [0, 0.1) is 6.92 Å². The van der Waals surface area contributed by atoms with Crippen LogP contribution in [0.2, 0.25) is 0 Å². The number of fused-ring (bicyclic) bond motifs is 1. The van der Waals surface area contributed by atoms with Gasteiger partial charge in [0.25, 0.3) is 10.0 Å². The van der Waals surface area contributed by atoms with Crippen LogP contribution in [0.25, 0.3) is 10.2 Å². The number of thiazole rings is 1. The van der Waals surface area contributed by atoms with Crippen LogP contribution in [0.1, 0.15) is 5.56 Å². The van der Waals surface area contributed by atoms with Crippen LogP contribution >= 0.6 is 11.3 Å². The van der Waals surface area contributed by atoms with E-state index in [1.54, 1.807) is 28.8 Å². The Bertz CT molecular complexity index is 1300. The molecule has 10 heteroatoms. The fourth-order valence-electron chi connectivity index (χ4n) is 2.47. The summed E-state index contributed by atoms with van der Waals surface area (Å²) in [5.41, 5.74) is 1.58. The molecule has 3 aromatic rings. The van der Waals surface area contributed by atoms with Gasteiger partial charge >= 0.3 is 0 Å². The maximum absolute atomic E-state index is 12.7. The minimum Gasteiger partial charge on any atom is -0.312 e. The van der Waals surface area contributed by atoms with Gasteiger partial charge in [0.1, 0.15) is 0 Å². The topological polar surface area (TPSA) is 112 Å². The zero-order valence-corrected chi connectivity index (χ0v) is 16.8. The molecule has 0 fully saturated rings. The second-order valence-corrected chi connectivity index (χ2v) is 10.0. The van der Waals surface area contributed by atoms with E-state index in [0.29, 0.717) is 16.8 Å². The number of aryl methyl sites for hydroxylation is 1. The van der Waals surface area contributed by atoms with Crippen molar-refractivity contribution in [1.82, 2.24) is 4.57 Å². The molecule has 0 bridgehead atoms. The summed E-state index contributed by atoms with van der Waals surface area (Å²) < 4.78 is 54.6. The summed E-state index contributed by atoms with van der Waals surface area (Å²) >= 11 is 1.07. The molecule has 0 saturated carbocycles. The van der Waals surface area contributed by atoms with Gasteiger partial charge in [-0.25, -0.2) is 13.6 Å². The number of hydrogen-bond donors (Lipinski definition) is 1. The molecule has 142 valence electrons. The number of rotatable bonds is 5. The van der Waals surface area contributed by atoms with Gasteiger partial charge in [-0.1, -0.05) is 35.1 Å². The molecule has 0 spiro atoms. The third kappa shape index (κ3) is 4.03. The van der Waals surface area contributed by atoms with Crippen LogP contribution < -0.4 is 9.94 Å². The average Bonchev–Trinajstić information content (AvgIpc) is 2.91. The van der Waals surface area contributed by atoms with Crippen molar-refractivity contribution in [3.05, 3.63) is 65.5 Å². The van der Waals surface area contributed by atoms with Crippen molar-refractivity contribution >= 4 is 41.6 Å². The summed E-state index contributed by atoms with van der Waals surface area (Å²) in [4.78, 5) is 0.257. The van der Waals surface area contributed by atoms with E-state index in [1.807, 2.05) is 6.92 Å². The average molecular weight is 424 g/mol. The molecule has 0 aliphatic heterocycles. The van der Waals surface area contributed by atoms with E-state index in [2.05, 4.69) is 11.0 Å². The highest BCUT2D eigenvalue weighted by molar-refractivity contribution is 7.90. The van der Waals surface area contributed by atoms with E-state index < -0.39 is 20.0 Å². The van der Waals surface area contributed by atoms with Crippen molar-refractivity contribution in [2.75, 3.05) is 0 Å². The molecule has 27 heavy (non-hydrogen) atoms. The van der Waals surface area contributed by atoms with E-state index in [0.717, 1.165) is 16.9 Å². The summed E-state index contributed by atoms with van der Waals surface area (Å²) in [6.07, 6.45) is 1.61. The zero-order chi connectivity index (χ0) is 19.8. The second-order valence-electron chi connectivity index (χ2n) is 5.84. The number of hydrogen-bond acceptors (Lipinski definition) is 5. The SMILES string of the molecule is C=CCn1/c(=N/S(=O)(=O)c2ccc(C)cc2)sc2cc(S(N)(=O)=O)ccc21. The molecule has 0 saturated heterocycles. The van der Waals surface area contributed by atoms with Crippen molar-refractivity contribution in [3.63, 3.8) is 0 Å². The van der Waals surface area contributed by atoms with Crippen LogP contribution in [-0.2, 0) is 26.6 Å². The second kappa shape index (κ2) is 7.04. The summed E-state index contributed by atoms with van der Waals surface area (Å²) in [5, 5.41) is 5.18. The van der Waals surface area contributed by atoms with Crippen molar-refractivity contribution in [3.8, 4) is 0 Å². The van der Waals surface area contributed by atoms with Crippen molar-refractivity contribution in [1.29, 1.82) is 0 Å². The first kappa shape index (κ1) is 19.5. The fourth-order valence-corrected chi connectivity index (χ4v) is 5.37. The third-order valence-electron chi connectivity index (χ3n) is 3.81. The molecule has 1 heterocycles. The zero-order valence-electron chi connectivity index (χ0n) is 14.4. The smallest absolute Gasteiger partial charge is 0.285 e. The van der Waals surface area contributed by atoms with Gasteiger partial charge in [-0.3, -0.25) is 0 Å². The number of sulfonamides is 2. The largest absolute Gasteiger partial charge is 0.312 e. The molecule has 2 N–H and O–H groups in total. The lowest BCUT2D eigenvalue weighted by Gasteiger charge is -2.03. The van der Waals surface area contributed by atoms with Gasteiger partial charge < -0.3 is 4.57 Å². The number of aromatic nitrogens is 1. The van der Waals surface area contributed by atoms with Gasteiger partial charge in [0.2, 0.25) is 14.8 Å². The normalized spacial score (nSPS) is 13.2. The summed E-state index contributed by atoms with van der Waals surface area (Å²) in [6, 6.07) is 10.8. The van der Waals surface area contributed by atoms with E-state index in [1.165, 1.54) is 24.3 Å². The molecule has 0 aliphatic carbocycles. The first-order valence-electron chi connectivity index (χ1n) is 7.76. The molecular formula is C17H17N3O4S3. The number of nitrogens with zero attached hydrogens (tertiary/aromatic N) is 2. The number of benzene rings is 2. The predicted octanol–water partition coefficient (Wildman–Crippen LogP) is 2.13. The highest BCUT2D eigenvalue weighted by Gasteiger charge is 2.16. The molecule has 0 atom stereocenters. The van der Waals surface area contributed by atoms with E-state index >= 15 is 0 Å². The maximum Gasteiger partial charge on any atom is 0.285 e. The van der Waals surface area contributed by atoms with Crippen molar-refractivity contribution in [2.24, 2.45) is 9.54 Å². The van der Waals surface area contributed by atoms with Crippen molar-refractivity contribution < 1.29 is 16.8 Å². The monoisotopic (exact) mass is 423 g/mol. The molecule has 7 nitrogen and oxygen atoms in total. The van der Waals surface area contributed by atoms with Crippen LogP contribution in [-0.4, -0.2) is 21.4 Å². The Kier molecular flexibility index (Phi) is 5.08. The molecule has 1 aromatic heterocycles. The Morgan fingerprint density at radius 3 is 2.33 bits per heavy atom. The highest BCUT2D eigenvalue weighted by Crippen LogP contribution is 2.22. The number of allylic oxidation sites excluding steroid dienone is 1. The Balaban J connectivity index is 2.26. The molecule has 3 rings (SSSR count). The van der Waals surface area contributed by atoms with E-state index in [-0.39, 0.29) is 14.6 Å². The molecular weight excluding hydrogens is 406 g/mol. The summed E-state index contributed by atoms with van der Waals surface area (Å²) in [6.45, 7) is 5.86. The minimum atomic E-state index is -3.92. The Morgan fingerprint density at radius 1 is 1.11 bits per heavy atom. The van der Waals surface area contributed by atoms with Gasteiger partial charge in [0, 0.05) is 6.54 Å². The molecule has 0 radical (unpaired) electrons. The van der Waals surface area contributed by atoms with Crippen LogP contribution in [0.3, 0.4) is 0 Å². The highest BCUT2D eigenvalue weighted by atomic mass is 32.2. The summed E-state index contributed by atoms with van der Waals surface area (Å²) in [7, 11) is -7.78. The van der Waals surface area contributed by atoms with Gasteiger partial charge in [-0.05, 0) is 37.3 Å². The standard InChI is InChI=1S/C17H17N3O4S3/c1-3-10-20-15-9-8-14(26(18,21)22)11-16(15)25-17(20)19-27(23,24)13-6-4-12(2)5-7-13/h3-9,11H,1,10H2,2H3,(H2,18,21,22)/b19-17-. The lowest BCUT2D eigenvalue weighted by Crippen LogP contribution is -2.16. The van der Waals surface area contributed by atoms with Crippen LogP contribution in [0.5, 0.6) is 0 Å². The van der Waals surface area contributed by atoms with E-state index in [4.69, 9.17) is 5.14 Å².